The van der Waals surface area contributed by atoms with Gasteiger partial charge in [0, 0.05) is 16.6 Å². The minimum atomic E-state index is 0.575. The SMILES string of the molecule is Cc1ccc(-c2[nH]c3c(Cl)c(Cl)ccc3c2CCCCN)c(C)c1. The van der Waals surface area contributed by atoms with Crippen LogP contribution in [-0.2, 0) is 6.42 Å². The molecule has 0 spiro atoms. The molecule has 0 bridgehead atoms. The number of hydrogen-bond donors (Lipinski definition) is 2. The average molecular weight is 361 g/mol. The number of aromatic amines is 1. The van der Waals surface area contributed by atoms with Gasteiger partial charge in [-0.05, 0) is 56.8 Å². The molecule has 0 amide bonds. The largest absolute Gasteiger partial charge is 0.353 e. The molecule has 0 radical (unpaired) electrons. The maximum absolute atomic E-state index is 6.44. The zero-order chi connectivity index (χ0) is 17.3. The van der Waals surface area contributed by atoms with Crippen LogP contribution < -0.4 is 5.73 Å². The van der Waals surface area contributed by atoms with Gasteiger partial charge in [0.2, 0.25) is 0 Å². The first-order valence-corrected chi connectivity index (χ1v) is 9.04. The van der Waals surface area contributed by atoms with Crippen molar-refractivity contribution in [3.05, 3.63) is 57.1 Å². The van der Waals surface area contributed by atoms with E-state index in [2.05, 4.69) is 43.1 Å². The number of aromatic nitrogens is 1. The van der Waals surface area contributed by atoms with E-state index in [1.54, 1.807) is 0 Å². The lowest BCUT2D eigenvalue weighted by molar-refractivity contribution is 0.748. The van der Waals surface area contributed by atoms with Gasteiger partial charge in [0.1, 0.15) is 0 Å². The molecule has 2 nitrogen and oxygen atoms in total. The Kier molecular flexibility index (Phi) is 5.19. The summed E-state index contributed by atoms with van der Waals surface area (Å²) < 4.78 is 0. The zero-order valence-corrected chi connectivity index (χ0v) is 15.6. The van der Waals surface area contributed by atoms with Gasteiger partial charge in [-0.25, -0.2) is 0 Å². The Hall–Kier alpha value is -1.48. The maximum Gasteiger partial charge on any atom is 0.0833 e. The Morgan fingerprint density at radius 1 is 1.04 bits per heavy atom. The van der Waals surface area contributed by atoms with E-state index in [4.69, 9.17) is 28.9 Å². The molecule has 1 aromatic heterocycles. The normalized spacial score (nSPS) is 11.4. The lowest BCUT2D eigenvalue weighted by atomic mass is 9.96. The molecule has 126 valence electrons. The van der Waals surface area contributed by atoms with Gasteiger partial charge in [0.15, 0.2) is 0 Å². The minimum absolute atomic E-state index is 0.575. The van der Waals surface area contributed by atoms with Gasteiger partial charge >= 0.3 is 0 Å². The Bertz CT molecular complexity index is 881. The fourth-order valence-electron chi connectivity index (χ4n) is 3.29. The van der Waals surface area contributed by atoms with Crippen LogP contribution in [0.25, 0.3) is 22.2 Å². The second-order valence-electron chi connectivity index (χ2n) is 6.33. The molecule has 0 unspecified atom stereocenters. The molecule has 0 aliphatic carbocycles. The molecule has 0 saturated carbocycles. The predicted octanol–water partition coefficient (Wildman–Crippen LogP) is 6.04. The number of H-pyrrole nitrogens is 1. The molecule has 2 aromatic carbocycles. The number of fused-ring (bicyclic) bond motifs is 1. The van der Waals surface area contributed by atoms with Crippen LogP contribution in [0.4, 0.5) is 0 Å². The van der Waals surface area contributed by atoms with Crippen LogP contribution in [0.15, 0.2) is 30.3 Å². The first-order chi connectivity index (χ1) is 11.5. The monoisotopic (exact) mass is 360 g/mol. The van der Waals surface area contributed by atoms with Crippen LogP contribution in [-0.4, -0.2) is 11.5 Å². The maximum atomic E-state index is 6.44. The summed E-state index contributed by atoms with van der Waals surface area (Å²) in [5.41, 5.74) is 12.8. The van der Waals surface area contributed by atoms with Crippen LogP contribution in [0.3, 0.4) is 0 Å². The van der Waals surface area contributed by atoms with Crippen molar-refractivity contribution < 1.29 is 0 Å². The molecule has 0 saturated heterocycles. The fourth-order valence-corrected chi connectivity index (χ4v) is 3.66. The van der Waals surface area contributed by atoms with E-state index in [1.165, 1.54) is 22.3 Å². The summed E-state index contributed by atoms with van der Waals surface area (Å²) in [4.78, 5) is 3.53. The standard InChI is InChI=1S/C20H22Cl2N2/c1-12-6-7-14(13(2)11-12)19-15(5-3-4-10-23)16-8-9-17(21)18(22)20(16)24-19/h6-9,11,24H,3-5,10,23H2,1-2H3. The summed E-state index contributed by atoms with van der Waals surface area (Å²) in [5, 5.41) is 2.31. The third-order valence-electron chi connectivity index (χ3n) is 4.50. The molecule has 0 atom stereocenters. The third kappa shape index (κ3) is 3.19. The number of rotatable bonds is 5. The van der Waals surface area contributed by atoms with Crippen molar-refractivity contribution in [1.82, 2.24) is 4.98 Å². The molecule has 1 heterocycles. The second kappa shape index (κ2) is 7.18. The lowest BCUT2D eigenvalue weighted by Gasteiger charge is -2.09. The Labute approximate surface area is 153 Å². The number of benzene rings is 2. The second-order valence-corrected chi connectivity index (χ2v) is 7.11. The van der Waals surface area contributed by atoms with E-state index in [-0.39, 0.29) is 0 Å². The fraction of sp³-hybridized carbons (Fsp3) is 0.300. The molecule has 4 heteroatoms. The molecular formula is C20H22Cl2N2. The van der Waals surface area contributed by atoms with Crippen molar-refractivity contribution in [2.24, 2.45) is 5.73 Å². The molecule has 0 aliphatic rings. The van der Waals surface area contributed by atoms with Gasteiger partial charge in [0.05, 0.1) is 15.6 Å². The number of aryl methyl sites for hydroxylation is 3. The van der Waals surface area contributed by atoms with Crippen molar-refractivity contribution in [3.63, 3.8) is 0 Å². The summed E-state index contributed by atoms with van der Waals surface area (Å²) in [6.45, 7) is 4.97. The van der Waals surface area contributed by atoms with Gasteiger partial charge < -0.3 is 10.7 Å². The Morgan fingerprint density at radius 3 is 2.54 bits per heavy atom. The number of unbranched alkanes of at least 4 members (excludes halogenated alkanes) is 1. The van der Waals surface area contributed by atoms with Crippen LogP contribution >= 0.6 is 23.2 Å². The first kappa shape index (κ1) is 17.3. The number of halogens is 2. The van der Waals surface area contributed by atoms with Crippen LogP contribution in [0.2, 0.25) is 10.0 Å². The van der Waals surface area contributed by atoms with Crippen molar-refractivity contribution in [2.75, 3.05) is 6.54 Å². The quantitative estimate of drug-likeness (QED) is 0.535. The summed E-state index contributed by atoms with van der Waals surface area (Å²) in [7, 11) is 0. The highest BCUT2D eigenvalue weighted by Gasteiger charge is 2.17. The van der Waals surface area contributed by atoms with E-state index in [9.17, 15) is 0 Å². The smallest absolute Gasteiger partial charge is 0.0833 e. The average Bonchev–Trinajstić information content (AvgIpc) is 2.91. The van der Waals surface area contributed by atoms with E-state index < -0.39 is 0 Å². The summed E-state index contributed by atoms with van der Waals surface area (Å²) >= 11 is 12.6. The Morgan fingerprint density at radius 2 is 1.83 bits per heavy atom. The van der Waals surface area contributed by atoms with Crippen molar-refractivity contribution in [2.45, 2.75) is 33.1 Å². The highest BCUT2D eigenvalue weighted by atomic mass is 35.5. The van der Waals surface area contributed by atoms with Crippen molar-refractivity contribution in [1.29, 1.82) is 0 Å². The number of nitrogens with two attached hydrogens (primary N) is 1. The highest BCUT2D eigenvalue weighted by Crippen LogP contribution is 2.38. The summed E-state index contributed by atoms with van der Waals surface area (Å²) in [6, 6.07) is 10.5. The van der Waals surface area contributed by atoms with E-state index in [1.807, 2.05) is 6.07 Å². The van der Waals surface area contributed by atoms with E-state index in [0.29, 0.717) is 16.6 Å². The van der Waals surface area contributed by atoms with Gasteiger partial charge in [-0.3, -0.25) is 0 Å². The molecule has 0 aliphatic heterocycles. The molecule has 24 heavy (non-hydrogen) atoms. The topological polar surface area (TPSA) is 41.8 Å². The number of hydrogen-bond acceptors (Lipinski definition) is 1. The lowest BCUT2D eigenvalue weighted by Crippen LogP contribution is -1.99. The van der Waals surface area contributed by atoms with Crippen molar-refractivity contribution >= 4 is 34.1 Å². The van der Waals surface area contributed by atoms with Gasteiger partial charge in [-0.1, -0.05) is 53.0 Å². The van der Waals surface area contributed by atoms with Crippen LogP contribution in [0.5, 0.6) is 0 Å². The van der Waals surface area contributed by atoms with Crippen LogP contribution in [0, 0.1) is 13.8 Å². The molecule has 3 N–H and O–H groups in total. The molecule has 3 rings (SSSR count). The molecule has 0 fully saturated rings. The van der Waals surface area contributed by atoms with E-state index >= 15 is 0 Å². The van der Waals surface area contributed by atoms with Crippen molar-refractivity contribution in [3.8, 4) is 11.3 Å². The first-order valence-electron chi connectivity index (χ1n) is 8.29. The van der Waals surface area contributed by atoms with Crippen LogP contribution in [0.1, 0.15) is 29.5 Å². The minimum Gasteiger partial charge on any atom is -0.353 e. The molecular weight excluding hydrogens is 339 g/mol. The molecule has 3 aromatic rings. The van der Waals surface area contributed by atoms with Gasteiger partial charge in [-0.15, -0.1) is 0 Å². The summed E-state index contributed by atoms with van der Waals surface area (Å²) in [5.74, 6) is 0. The third-order valence-corrected chi connectivity index (χ3v) is 5.31. The summed E-state index contributed by atoms with van der Waals surface area (Å²) in [6.07, 6.45) is 3.04. The predicted molar refractivity (Wildman–Crippen MR) is 105 cm³/mol. The van der Waals surface area contributed by atoms with Gasteiger partial charge in [-0.2, -0.15) is 0 Å². The number of nitrogens with one attached hydrogen (secondary N) is 1. The van der Waals surface area contributed by atoms with E-state index in [0.717, 1.165) is 35.9 Å². The van der Waals surface area contributed by atoms with Gasteiger partial charge in [0.25, 0.3) is 0 Å². The Balaban J connectivity index is 2.21. The highest BCUT2D eigenvalue weighted by molar-refractivity contribution is 6.45. The zero-order valence-electron chi connectivity index (χ0n) is 14.0.